The van der Waals surface area contributed by atoms with Gasteiger partial charge in [0.05, 0.1) is 21.7 Å². The number of ether oxygens (including phenoxy) is 2. The van der Waals surface area contributed by atoms with E-state index in [9.17, 15) is 13.2 Å². The third-order valence-electron chi connectivity index (χ3n) is 4.33. The second-order valence-corrected chi connectivity index (χ2v) is 8.85. The summed E-state index contributed by atoms with van der Waals surface area (Å²) in [6, 6.07) is 12.0. The van der Waals surface area contributed by atoms with Gasteiger partial charge in [-0.1, -0.05) is 23.5 Å². The molecule has 0 saturated carbocycles. The lowest BCUT2D eigenvalue weighted by Gasteiger charge is -2.26. The third-order valence-corrected chi connectivity index (χ3v) is 6.70. The number of thiazole rings is 1. The van der Waals surface area contributed by atoms with Gasteiger partial charge in [-0.3, -0.25) is 9.36 Å². The molecular formula is C18H18N2O5S2. The summed E-state index contributed by atoms with van der Waals surface area (Å²) in [5, 5.41) is 0. The van der Waals surface area contributed by atoms with E-state index in [4.69, 9.17) is 9.47 Å². The Kier molecular flexibility index (Phi) is 4.67. The Morgan fingerprint density at radius 2 is 2.00 bits per heavy atom. The number of aromatic nitrogens is 1. The largest absolute Gasteiger partial charge is 0.486 e. The number of fused-ring (bicyclic) bond motifs is 2. The minimum Gasteiger partial charge on any atom is -0.486 e. The monoisotopic (exact) mass is 406 g/mol. The van der Waals surface area contributed by atoms with Crippen LogP contribution in [0.1, 0.15) is 6.92 Å². The van der Waals surface area contributed by atoms with E-state index in [0.717, 1.165) is 16.9 Å². The molecule has 1 N–H and O–H groups in total. The van der Waals surface area contributed by atoms with Crippen LogP contribution in [0.2, 0.25) is 0 Å². The maximum Gasteiger partial charge on any atom is 0.308 e. The predicted molar refractivity (Wildman–Crippen MR) is 103 cm³/mol. The predicted octanol–water partition coefficient (Wildman–Crippen LogP) is 2.20. The first kappa shape index (κ1) is 18.0. The molecule has 2 heterocycles. The van der Waals surface area contributed by atoms with E-state index in [1.165, 1.54) is 12.1 Å². The zero-order valence-corrected chi connectivity index (χ0v) is 16.2. The lowest BCUT2D eigenvalue weighted by Crippen LogP contribution is -2.40. The number of nitrogens with zero attached hydrogens (tertiary/aromatic N) is 1. The van der Waals surface area contributed by atoms with Gasteiger partial charge in [0.15, 0.2) is 11.5 Å². The Morgan fingerprint density at radius 3 is 2.78 bits per heavy atom. The summed E-state index contributed by atoms with van der Waals surface area (Å²) >= 11 is 1.04. The first-order valence-electron chi connectivity index (χ1n) is 8.49. The minimum absolute atomic E-state index is 0.0842. The molecule has 1 atom stereocenters. The van der Waals surface area contributed by atoms with Gasteiger partial charge in [-0.05, 0) is 37.3 Å². The van der Waals surface area contributed by atoms with E-state index in [-0.39, 0.29) is 22.9 Å². The van der Waals surface area contributed by atoms with Crippen LogP contribution < -0.4 is 19.1 Å². The summed E-state index contributed by atoms with van der Waals surface area (Å²) in [5.74, 6) is 1.25. The van der Waals surface area contributed by atoms with Crippen molar-refractivity contribution >= 4 is 31.6 Å². The maximum absolute atomic E-state index is 12.6. The molecule has 0 bridgehead atoms. The number of benzene rings is 2. The summed E-state index contributed by atoms with van der Waals surface area (Å²) in [4.78, 5) is 12.0. The fraction of sp³-hybridized carbons (Fsp3) is 0.278. The molecule has 1 aromatic heterocycles. The second kappa shape index (κ2) is 6.99. The molecule has 1 aliphatic rings. The van der Waals surface area contributed by atoms with Gasteiger partial charge in [-0.15, -0.1) is 0 Å². The zero-order chi connectivity index (χ0) is 19.0. The highest BCUT2D eigenvalue weighted by atomic mass is 32.2. The molecular weight excluding hydrogens is 388 g/mol. The zero-order valence-electron chi connectivity index (χ0n) is 14.5. The third kappa shape index (κ3) is 3.45. The fourth-order valence-electron chi connectivity index (χ4n) is 2.96. The lowest BCUT2D eigenvalue weighted by atomic mass is 10.2. The summed E-state index contributed by atoms with van der Waals surface area (Å²) < 4.78 is 41.5. The smallest absolute Gasteiger partial charge is 0.308 e. The van der Waals surface area contributed by atoms with Crippen molar-refractivity contribution in [2.75, 3.05) is 13.2 Å². The Morgan fingerprint density at radius 1 is 1.22 bits per heavy atom. The lowest BCUT2D eigenvalue weighted by molar-refractivity contribution is 0.0943. The average molecular weight is 406 g/mol. The highest BCUT2D eigenvalue weighted by Crippen LogP contribution is 2.30. The van der Waals surface area contributed by atoms with Gasteiger partial charge in [0.1, 0.15) is 12.7 Å². The average Bonchev–Trinajstić information content (AvgIpc) is 3.00. The topological polar surface area (TPSA) is 86.6 Å². The molecule has 0 saturated heterocycles. The van der Waals surface area contributed by atoms with Crippen LogP contribution in [0.15, 0.2) is 52.2 Å². The van der Waals surface area contributed by atoms with Crippen LogP contribution in [0, 0.1) is 0 Å². The minimum atomic E-state index is -3.73. The number of rotatable bonds is 5. The fourth-order valence-corrected chi connectivity index (χ4v) is 5.12. The molecule has 0 amide bonds. The van der Waals surface area contributed by atoms with Crippen LogP contribution in [0.25, 0.3) is 10.2 Å². The summed E-state index contributed by atoms with van der Waals surface area (Å²) in [7, 11) is -3.73. The number of hydrogen-bond donors (Lipinski definition) is 1. The van der Waals surface area contributed by atoms with E-state index in [1.54, 1.807) is 22.8 Å². The van der Waals surface area contributed by atoms with Crippen LogP contribution >= 0.6 is 11.3 Å². The summed E-state index contributed by atoms with van der Waals surface area (Å²) in [6.45, 7) is 2.77. The first-order valence-corrected chi connectivity index (χ1v) is 10.8. The molecule has 4 rings (SSSR count). The number of aryl methyl sites for hydroxylation is 1. The number of sulfonamides is 1. The van der Waals surface area contributed by atoms with Crippen molar-refractivity contribution in [2.45, 2.75) is 24.5 Å². The van der Waals surface area contributed by atoms with E-state index >= 15 is 0 Å². The van der Waals surface area contributed by atoms with E-state index in [0.29, 0.717) is 22.7 Å². The molecule has 2 aromatic carbocycles. The SMILES string of the molecule is CCn1c(=O)sc2cc(S(=O)(=O)NC[C@H]3COc4ccccc4O3)ccc21. The standard InChI is InChI=1S/C18H18N2O5S2/c1-2-20-14-8-7-13(9-17(14)26-18(20)21)27(22,23)19-10-12-11-24-15-5-3-4-6-16(15)25-12/h3-9,12,19H,2,10-11H2,1H3/t12-/m0/s1. The molecule has 3 aromatic rings. The van der Waals surface area contributed by atoms with E-state index in [2.05, 4.69) is 4.72 Å². The van der Waals surface area contributed by atoms with Gasteiger partial charge in [-0.2, -0.15) is 0 Å². The Labute approximate surface area is 160 Å². The molecule has 0 unspecified atom stereocenters. The van der Waals surface area contributed by atoms with Gasteiger partial charge in [0, 0.05) is 6.54 Å². The highest BCUT2D eigenvalue weighted by Gasteiger charge is 2.24. The van der Waals surface area contributed by atoms with Crippen molar-refractivity contribution in [1.29, 1.82) is 0 Å². The number of nitrogens with one attached hydrogen (secondary N) is 1. The molecule has 142 valence electrons. The first-order chi connectivity index (χ1) is 13.0. The molecule has 0 fully saturated rings. The molecule has 9 heteroatoms. The van der Waals surface area contributed by atoms with Crippen molar-refractivity contribution in [3.63, 3.8) is 0 Å². The van der Waals surface area contributed by atoms with Crippen molar-refractivity contribution < 1.29 is 17.9 Å². The van der Waals surface area contributed by atoms with Crippen molar-refractivity contribution in [1.82, 2.24) is 9.29 Å². The Bertz CT molecular complexity index is 1150. The van der Waals surface area contributed by atoms with E-state index < -0.39 is 16.1 Å². The number of hydrogen-bond acceptors (Lipinski definition) is 6. The van der Waals surface area contributed by atoms with Crippen molar-refractivity contribution in [2.24, 2.45) is 0 Å². The molecule has 0 aliphatic carbocycles. The maximum atomic E-state index is 12.6. The van der Waals surface area contributed by atoms with Crippen LogP contribution in [-0.2, 0) is 16.6 Å². The van der Waals surface area contributed by atoms with Gasteiger partial charge >= 0.3 is 4.87 Å². The van der Waals surface area contributed by atoms with Gasteiger partial charge < -0.3 is 9.47 Å². The molecule has 0 radical (unpaired) electrons. The van der Waals surface area contributed by atoms with Gasteiger partial charge in [0.2, 0.25) is 10.0 Å². The Hall–Kier alpha value is -2.36. The molecule has 0 spiro atoms. The normalized spacial score (nSPS) is 16.6. The van der Waals surface area contributed by atoms with Crippen molar-refractivity contribution in [3.05, 3.63) is 52.1 Å². The molecule has 27 heavy (non-hydrogen) atoms. The summed E-state index contributed by atoms with van der Waals surface area (Å²) in [6.07, 6.45) is -0.421. The summed E-state index contributed by atoms with van der Waals surface area (Å²) in [5.41, 5.74) is 0.743. The van der Waals surface area contributed by atoms with Crippen LogP contribution in [0.5, 0.6) is 11.5 Å². The number of para-hydroxylation sites is 2. The quantitative estimate of drug-likeness (QED) is 0.702. The Balaban J connectivity index is 1.51. The molecule has 1 aliphatic heterocycles. The highest BCUT2D eigenvalue weighted by molar-refractivity contribution is 7.89. The van der Waals surface area contributed by atoms with Gasteiger partial charge in [0.25, 0.3) is 0 Å². The van der Waals surface area contributed by atoms with Crippen LogP contribution in [0.3, 0.4) is 0 Å². The van der Waals surface area contributed by atoms with Gasteiger partial charge in [-0.25, -0.2) is 13.1 Å². The second-order valence-electron chi connectivity index (χ2n) is 6.09. The molecule has 7 nitrogen and oxygen atoms in total. The van der Waals surface area contributed by atoms with Crippen LogP contribution in [0.4, 0.5) is 0 Å². The van der Waals surface area contributed by atoms with Crippen molar-refractivity contribution in [3.8, 4) is 11.5 Å². The van der Waals surface area contributed by atoms with Crippen LogP contribution in [-0.4, -0.2) is 32.2 Å². The van der Waals surface area contributed by atoms with E-state index in [1.807, 2.05) is 19.1 Å².